The fourth-order valence-corrected chi connectivity index (χ4v) is 3.61. The van der Waals surface area contributed by atoms with E-state index in [-0.39, 0.29) is 12.1 Å². The van der Waals surface area contributed by atoms with E-state index >= 15 is 0 Å². The molecule has 0 spiro atoms. The lowest BCUT2D eigenvalue weighted by Crippen LogP contribution is -2.46. The first-order valence-electron chi connectivity index (χ1n) is 9.85. The predicted molar refractivity (Wildman–Crippen MR) is 108 cm³/mol. The Hall–Kier alpha value is -1.59. The van der Waals surface area contributed by atoms with Crippen molar-refractivity contribution in [1.82, 2.24) is 20.4 Å². The van der Waals surface area contributed by atoms with E-state index in [2.05, 4.69) is 65.5 Å². The number of piperidine rings is 1. The zero-order valence-electron chi connectivity index (χ0n) is 17.1. The van der Waals surface area contributed by atoms with Gasteiger partial charge in [-0.05, 0) is 65.7 Å². The van der Waals surface area contributed by atoms with Crippen molar-refractivity contribution in [2.75, 3.05) is 40.3 Å². The third-order valence-corrected chi connectivity index (χ3v) is 5.37. The molecular weight excluding hydrogens is 324 g/mol. The van der Waals surface area contributed by atoms with E-state index in [1.54, 1.807) is 0 Å². The Morgan fingerprint density at radius 1 is 1.23 bits per heavy atom. The summed E-state index contributed by atoms with van der Waals surface area (Å²) in [6.07, 6.45) is 2.43. The van der Waals surface area contributed by atoms with Gasteiger partial charge < -0.3 is 20.4 Å². The molecule has 146 valence electrons. The molecule has 1 saturated heterocycles. The molecule has 2 rings (SSSR count). The van der Waals surface area contributed by atoms with Gasteiger partial charge in [-0.15, -0.1) is 0 Å². The van der Waals surface area contributed by atoms with Gasteiger partial charge >= 0.3 is 6.03 Å². The van der Waals surface area contributed by atoms with Crippen LogP contribution in [-0.2, 0) is 0 Å². The first kappa shape index (κ1) is 20.7. The minimum Gasteiger partial charge on any atom is -0.338 e. The Kier molecular flexibility index (Phi) is 7.91. The van der Waals surface area contributed by atoms with Gasteiger partial charge in [0.05, 0.1) is 6.04 Å². The summed E-state index contributed by atoms with van der Waals surface area (Å²) in [7, 11) is 4.10. The van der Waals surface area contributed by atoms with Gasteiger partial charge in [-0.25, -0.2) is 4.79 Å². The van der Waals surface area contributed by atoms with E-state index in [1.807, 2.05) is 14.1 Å². The second kappa shape index (κ2) is 9.93. The molecule has 5 nitrogen and oxygen atoms in total. The van der Waals surface area contributed by atoms with Gasteiger partial charge in [0, 0.05) is 25.7 Å². The number of benzene rings is 1. The molecule has 1 fully saturated rings. The third-order valence-electron chi connectivity index (χ3n) is 5.37. The van der Waals surface area contributed by atoms with Gasteiger partial charge in [-0.1, -0.05) is 29.8 Å². The Labute approximate surface area is 159 Å². The number of hydrogen-bond donors (Lipinski definition) is 2. The van der Waals surface area contributed by atoms with Crippen LogP contribution in [0.15, 0.2) is 24.3 Å². The Morgan fingerprint density at radius 3 is 2.54 bits per heavy atom. The fourth-order valence-electron chi connectivity index (χ4n) is 3.61. The molecular formula is C21H36N4O. The maximum Gasteiger partial charge on any atom is 0.314 e. The molecule has 5 heteroatoms. The molecule has 1 heterocycles. The SMILES string of the molecule is Cc1ccc(C(CNC(=O)NCC2CCCN(C(C)C)C2)N(C)C)cc1. The number of amides is 2. The van der Waals surface area contributed by atoms with Crippen molar-refractivity contribution in [3.8, 4) is 0 Å². The molecule has 0 aromatic heterocycles. The average molecular weight is 361 g/mol. The van der Waals surface area contributed by atoms with Crippen molar-refractivity contribution >= 4 is 6.03 Å². The summed E-state index contributed by atoms with van der Waals surface area (Å²) < 4.78 is 0. The van der Waals surface area contributed by atoms with E-state index in [9.17, 15) is 4.79 Å². The van der Waals surface area contributed by atoms with Gasteiger partial charge in [0.1, 0.15) is 0 Å². The van der Waals surface area contributed by atoms with Crippen LogP contribution in [0.1, 0.15) is 43.9 Å². The lowest BCUT2D eigenvalue weighted by atomic mass is 9.97. The molecule has 0 aliphatic carbocycles. The maximum atomic E-state index is 12.3. The number of carbonyl (C=O) groups excluding carboxylic acids is 1. The molecule has 2 N–H and O–H groups in total. The largest absolute Gasteiger partial charge is 0.338 e. The molecule has 2 amide bonds. The summed E-state index contributed by atoms with van der Waals surface area (Å²) in [4.78, 5) is 16.9. The van der Waals surface area contributed by atoms with Crippen molar-refractivity contribution in [1.29, 1.82) is 0 Å². The minimum atomic E-state index is -0.0642. The van der Waals surface area contributed by atoms with Crippen LogP contribution in [0.2, 0.25) is 0 Å². The molecule has 0 saturated carbocycles. The molecule has 26 heavy (non-hydrogen) atoms. The Bertz CT molecular complexity index is 556. The van der Waals surface area contributed by atoms with E-state index in [0.29, 0.717) is 18.5 Å². The average Bonchev–Trinajstić information content (AvgIpc) is 2.61. The lowest BCUT2D eigenvalue weighted by Gasteiger charge is -2.35. The molecule has 0 radical (unpaired) electrons. The van der Waals surface area contributed by atoms with E-state index < -0.39 is 0 Å². The molecule has 1 aromatic carbocycles. The fraction of sp³-hybridized carbons (Fsp3) is 0.667. The normalized spacial score (nSPS) is 19.6. The number of rotatable bonds is 7. The smallest absolute Gasteiger partial charge is 0.314 e. The first-order chi connectivity index (χ1) is 12.4. The van der Waals surface area contributed by atoms with Crippen LogP contribution in [0.5, 0.6) is 0 Å². The highest BCUT2D eigenvalue weighted by Crippen LogP contribution is 2.19. The highest BCUT2D eigenvalue weighted by Gasteiger charge is 2.22. The zero-order chi connectivity index (χ0) is 19.1. The van der Waals surface area contributed by atoms with Gasteiger partial charge in [-0.2, -0.15) is 0 Å². The third kappa shape index (κ3) is 6.29. The van der Waals surface area contributed by atoms with Crippen LogP contribution < -0.4 is 10.6 Å². The summed E-state index contributed by atoms with van der Waals surface area (Å²) in [5.41, 5.74) is 2.47. The van der Waals surface area contributed by atoms with E-state index in [1.165, 1.54) is 30.5 Å². The summed E-state index contributed by atoms with van der Waals surface area (Å²) in [6.45, 7) is 10.2. The van der Waals surface area contributed by atoms with Gasteiger partial charge in [0.2, 0.25) is 0 Å². The van der Waals surface area contributed by atoms with Crippen LogP contribution in [0, 0.1) is 12.8 Å². The van der Waals surface area contributed by atoms with Crippen LogP contribution >= 0.6 is 0 Å². The lowest BCUT2D eigenvalue weighted by molar-refractivity contribution is 0.139. The van der Waals surface area contributed by atoms with Crippen molar-refractivity contribution in [3.63, 3.8) is 0 Å². The number of nitrogens with zero attached hydrogens (tertiary/aromatic N) is 2. The van der Waals surface area contributed by atoms with Crippen molar-refractivity contribution in [2.45, 2.75) is 45.7 Å². The first-order valence-corrected chi connectivity index (χ1v) is 9.85. The number of nitrogens with one attached hydrogen (secondary N) is 2. The number of aryl methyl sites for hydroxylation is 1. The molecule has 2 unspecified atom stereocenters. The number of likely N-dealkylation sites (tertiary alicyclic amines) is 1. The highest BCUT2D eigenvalue weighted by molar-refractivity contribution is 5.73. The van der Waals surface area contributed by atoms with Crippen LogP contribution in [0.25, 0.3) is 0 Å². The minimum absolute atomic E-state index is 0.0642. The van der Waals surface area contributed by atoms with Crippen molar-refractivity contribution < 1.29 is 4.79 Å². The predicted octanol–water partition coefficient (Wildman–Crippen LogP) is 3.02. The second-order valence-electron chi connectivity index (χ2n) is 8.08. The standard InChI is InChI=1S/C21H36N4O/c1-16(2)25-12-6-7-18(15-25)13-22-21(26)23-14-20(24(4)5)19-10-8-17(3)9-11-19/h8-11,16,18,20H,6-7,12-15H2,1-5H3,(H2,22,23,26). The molecule has 1 aromatic rings. The molecule has 1 aliphatic rings. The second-order valence-corrected chi connectivity index (χ2v) is 8.08. The van der Waals surface area contributed by atoms with E-state index in [4.69, 9.17) is 0 Å². The number of urea groups is 1. The van der Waals surface area contributed by atoms with Gasteiger partial charge in [-0.3, -0.25) is 0 Å². The summed E-state index contributed by atoms with van der Waals surface area (Å²) >= 11 is 0. The molecule has 1 aliphatic heterocycles. The monoisotopic (exact) mass is 360 g/mol. The van der Waals surface area contributed by atoms with Crippen LogP contribution in [0.4, 0.5) is 4.79 Å². The van der Waals surface area contributed by atoms with Crippen molar-refractivity contribution in [2.24, 2.45) is 5.92 Å². The highest BCUT2D eigenvalue weighted by atomic mass is 16.2. The van der Waals surface area contributed by atoms with E-state index in [0.717, 1.165) is 13.1 Å². The van der Waals surface area contributed by atoms with Crippen LogP contribution in [-0.4, -0.2) is 62.1 Å². The molecule has 2 atom stereocenters. The topological polar surface area (TPSA) is 47.6 Å². The summed E-state index contributed by atoms with van der Waals surface area (Å²) in [5.74, 6) is 0.554. The summed E-state index contributed by atoms with van der Waals surface area (Å²) in [5, 5.41) is 6.12. The van der Waals surface area contributed by atoms with Crippen LogP contribution in [0.3, 0.4) is 0 Å². The Balaban J connectivity index is 1.78. The number of hydrogen-bond acceptors (Lipinski definition) is 3. The maximum absolute atomic E-state index is 12.3. The number of carbonyl (C=O) groups is 1. The quantitative estimate of drug-likeness (QED) is 0.786. The number of likely N-dealkylation sites (N-methyl/N-ethyl adjacent to an activating group) is 1. The van der Waals surface area contributed by atoms with Crippen molar-refractivity contribution in [3.05, 3.63) is 35.4 Å². The zero-order valence-corrected chi connectivity index (χ0v) is 17.1. The Morgan fingerprint density at radius 2 is 1.92 bits per heavy atom. The molecule has 0 bridgehead atoms. The van der Waals surface area contributed by atoms with Gasteiger partial charge in [0.15, 0.2) is 0 Å². The van der Waals surface area contributed by atoms with Gasteiger partial charge in [0.25, 0.3) is 0 Å². The summed E-state index contributed by atoms with van der Waals surface area (Å²) in [6, 6.07) is 9.22.